The van der Waals surface area contributed by atoms with Gasteiger partial charge in [0.15, 0.2) is 5.13 Å². The molecule has 0 spiro atoms. The Bertz CT molecular complexity index is 500. The van der Waals surface area contributed by atoms with Gasteiger partial charge >= 0.3 is 0 Å². The summed E-state index contributed by atoms with van der Waals surface area (Å²) in [6.07, 6.45) is 3.71. The van der Waals surface area contributed by atoms with E-state index in [1.54, 1.807) is 12.4 Å². The van der Waals surface area contributed by atoms with E-state index in [0.29, 0.717) is 17.4 Å². The quantitative estimate of drug-likeness (QED) is 0.867. The summed E-state index contributed by atoms with van der Waals surface area (Å²) in [5.74, 6) is 0.199. The van der Waals surface area contributed by atoms with Gasteiger partial charge in [0.25, 0.3) is 0 Å². The molecule has 0 bridgehead atoms. The number of halogens is 1. The molecule has 0 fully saturated rings. The smallest absolute Gasteiger partial charge is 0.227 e. The molecule has 0 aromatic carbocycles. The van der Waals surface area contributed by atoms with E-state index < -0.39 is 0 Å². The van der Waals surface area contributed by atoms with Gasteiger partial charge in [-0.2, -0.15) is 0 Å². The lowest BCUT2D eigenvalue weighted by molar-refractivity contribution is -0.115. The molecule has 0 radical (unpaired) electrons. The molecule has 0 aliphatic carbocycles. The van der Waals surface area contributed by atoms with Crippen molar-refractivity contribution in [3.63, 3.8) is 0 Å². The molecule has 2 aromatic heterocycles. The van der Waals surface area contributed by atoms with Gasteiger partial charge in [0.1, 0.15) is 0 Å². The highest BCUT2D eigenvalue weighted by molar-refractivity contribution is 7.14. The van der Waals surface area contributed by atoms with Crippen LogP contribution in [0.1, 0.15) is 6.42 Å². The maximum absolute atomic E-state index is 11.3. The fraction of sp³-hybridized carbons (Fsp3) is 0.182. The number of thiazole rings is 1. The van der Waals surface area contributed by atoms with Gasteiger partial charge in [-0.1, -0.05) is 0 Å². The Morgan fingerprint density at radius 2 is 2.18 bits per heavy atom. The van der Waals surface area contributed by atoms with E-state index in [9.17, 15) is 4.79 Å². The second-order valence-corrected chi connectivity index (χ2v) is 4.50. The predicted molar refractivity (Wildman–Crippen MR) is 69.3 cm³/mol. The lowest BCUT2D eigenvalue weighted by Gasteiger charge is -1.98. The molecule has 88 valence electrons. The second-order valence-electron chi connectivity index (χ2n) is 3.26. The van der Waals surface area contributed by atoms with Crippen molar-refractivity contribution in [3.8, 4) is 11.3 Å². The van der Waals surface area contributed by atoms with Crippen molar-refractivity contribution in [2.24, 2.45) is 0 Å². The van der Waals surface area contributed by atoms with Crippen molar-refractivity contribution in [3.05, 3.63) is 29.9 Å². The van der Waals surface area contributed by atoms with Gasteiger partial charge in [-0.25, -0.2) is 4.98 Å². The lowest BCUT2D eigenvalue weighted by Crippen LogP contribution is -2.11. The van der Waals surface area contributed by atoms with Crippen molar-refractivity contribution in [2.45, 2.75) is 6.42 Å². The minimum absolute atomic E-state index is 0.115. The molecule has 0 saturated heterocycles. The van der Waals surface area contributed by atoms with Crippen molar-refractivity contribution in [1.82, 2.24) is 9.97 Å². The van der Waals surface area contributed by atoms with Crippen LogP contribution in [0.4, 0.5) is 5.13 Å². The Morgan fingerprint density at radius 3 is 2.88 bits per heavy atom. The molecule has 2 rings (SSSR count). The zero-order chi connectivity index (χ0) is 12.1. The van der Waals surface area contributed by atoms with Crippen molar-refractivity contribution >= 4 is 34.0 Å². The average molecular weight is 268 g/mol. The van der Waals surface area contributed by atoms with E-state index in [1.807, 2.05) is 17.5 Å². The van der Waals surface area contributed by atoms with E-state index in [2.05, 4.69) is 15.3 Å². The monoisotopic (exact) mass is 267 g/mol. The summed E-state index contributed by atoms with van der Waals surface area (Å²) in [6.45, 7) is 0. The molecule has 2 aromatic rings. The highest BCUT2D eigenvalue weighted by Crippen LogP contribution is 2.24. The number of nitrogens with one attached hydrogen (secondary N) is 1. The van der Waals surface area contributed by atoms with Gasteiger partial charge in [-0.3, -0.25) is 9.78 Å². The summed E-state index contributed by atoms with van der Waals surface area (Å²) < 4.78 is 0. The molecule has 0 atom stereocenters. The molecule has 0 aliphatic heterocycles. The standard InChI is InChI=1S/C11H10ClN3OS/c12-4-1-10(16)15-11-14-9(7-17-11)8-2-5-13-6-3-8/h2-3,5-7H,1,4H2,(H,14,15,16). The van der Waals surface area contributed by atoms with Gasteiger partial charge in [0.2, 0.25) is 5.91 Å². The zero-order valence-electron chi connectivity index (χ0n) is 8.89. The molecule has 2 heterocycles. The third kappa shape index (κ3) is 3.25. The molecule has 1 amide bonds. The first kappa shape index (κ1) is 12.0. The molecule has 6 heteroatoms. The number of carbonyl (C=O) groups is 1. The van der Waals surface area contributed by atoms with Crippen LogP contribution in [0.5, 0.6) is 0 Å². The molecule has 0 unspecified atom stereocenters. The average Bonchev–Trinajstić information content (AvgIpc) is 2.79. The van der Waals surface area contributed by atoms with Crippen LogP contribution < -0.4 is 5.32 Å². The van der Waals surface area contributed by atoms with Crippen molar-refractivity contribution < 1.29 is 4.79 Å². The van der Waals surface area contributed by atoms with Crippen molar-refractivity contribution in [2.75, 3.05) is 11.2 Å². The fourth-order valence-corrected chi connectivity index (χ4v) is 2.16. The second kappa shape index (κ2) is 5.75. The fourth-order valence-electron chi connectivity index (χ4n) is 1.25. The van der Waals surface area contributed by atoms with Crippen LogP contribution in [0.25, 0.3) is 11.3 Å². The van der Waals surface area contributed by atoms with Crippen LogP contribution in [0, 0.1) is 0 Å². The number of alkyl halides is 1. The number of anilines is 1. The summed E-state index contributed by atoms with van der Waals surface area (Å²) in [6, 6.07) is 3.75. The summed E-state index contributed by atoms with van der Waals surface area (Å²) in [4.78, 5) is 19.6. The summed E-state index contributed by atoms with van der Waals surface area (Å²) in [7, 11) is 0. The number of pyridine rings is 1. The van der Waals surface area contributed by atoms with E-state index in [4.69, 9.17) is 11.6 Å². The van der Waals surface area contributed by atoms with Crippen LogP contribution in [0.3, 0.4) is 0 Å². The Morgan fingerprint density at radius 1 is 1.41 bits per heavy atom. The first-order valence-corrected chi connectivity index (χ1v) is 6.43. The first-order chi connectivity index (χ1) is 8.29. The highest BCUT2D eigenvalue weighted by atomic mass is 35.5. The molecule has 0 saturated carbocycles. The van der Waals surface area contributed by atoms with Crippen LogP contribution in [0.15, 0.2) is 29.9 Å². The van der Waals surface area contributed by atoms with Crippen LogP contribution in [0.2, 0.25) is 0 Å². The maximum atomic E-state index is 11.3. The molecule has 4 nitrogen and oxygen atoms in total. The van der Waals surface area contributed by atoms with E-state index in [1.165, 1.54) is 11.3 Å². The molecular weight excluding hydrogens is 258 g/mol. The number of amides is 1. The number of nitrogens with zero attached hydrogens (tertiary/aromatic N) is 2. The molecule has 0 aliphatic rings. The number of carbonyl (C=O) groups excluding carboxylic acids is 1. The van der Waals surface area contributed by atoms with Gasteiger partial charge in [-0.15, -0.1) is 22.9 Å². The van der Waals surface area contributed by atoms with Crippen LogP contribution >= 0.6 is 22.9 Å². The first-order valence-electron chi connectivity index (χ1n) is 5.01. The van der Waals surface area contributed by atoms with Crippen molar-refractivity contribution in [1.29, 1.82) is 0 Å². The Labute approximate surface area is 108 Å². The van der Waals surface area contributed by atoms with E-state index in [0.717, 1.165) is 11.3 Å². The lowest BCUT2D eigenvalue weighted by atomic mass is 10.2. The topological polar surface area (TPSA) is 54.9 Å². The van der Waals surface area contributed by atoms with Gasteiger partial charge in [0.05, 0.1) is 5.69 Å². The largest absolute Gasteiger partial charge is 0.302 e. The number of hydrogen-bond donors (Lipinski definition) is 1. The number of rotatable bonds is 4. The van der Waals surface area contributed by atoms with Gasteiger partial charge in [0, 0.05) is 35.6 Å². The zero-order valence-corrected chi connectivity index (χ0v) is 10.5. The SMILES string of the molecule is O=C(CCCl)Nc1nc(-c2ccncc2)cs1. The highest BCUT2D eigenvalue weighted by Gasteiger charge is 2.07. The predicted octanol–water partition coefficient (Wildman–Crippen LogP) is 2.77. The Hall–Kier alpha value is -1.46. The molecular formula is C11H10ClN3OS. The summed E-state index contributed by atoms with van der Waals surface area (Å²) in [5, 5.41) is 5.19. The minimum Gasteiger partial charge on any atom is -0.302 e. The Kier molecular flexibility index (Phi) is 4.06. The molecule has 1 N–H and O–H groups in total. The summed E-state index contributed by atoms with van der Waals surface area (Å²) >= 11 is 6.87. The maximum Gasteiger partial charge on any atom is 0.227 e. The minimum atomic E-state index is -0.115. The third-order valence-corrected chi connectivity index (χ3v) is 2.99. The number of hydrogen-bond acceptors (Lipinski definition) is 4. The summed E-state index contributed by atoms with van der Waals surface area (Å²) in [5.41, 5.74) is 1.81. The third-order valence-electron chi connectivity index (χ3n) is 2.05. The van der Waals surface area contributed by atoms with Crippen LogP contribution in [-0.2, 0) is 4.79 Å². The normalized spacial score (nSPS) is 10.2. The van der Waals surface area contributed by atoms with Gasteiger partial charge < -0.3 is 5.32 Å². The number of aromatic nitrogens is 2. The van der Waals surface area contributed by atoms with E-state index in [-0.39, 0.29) is 5.91 Å². The molecule has 17 heavy (non-hydrogen) atoms. The van der Waals surface area contributed by atoms with Gasteiger partial charge in [-0.05, 0) is 12.1 Å². The van der Waals surface area contributed by atoms with Crippen LogP contribution in [-0.4, -0.2) is 21.8 Å². The Balaban J connectivity index is 2.09. The van der Waals surface area contributed by atoms with E-state index >= 15 is 0 Å².